The molecule has 0 atom stereocenters. The van der Waals surface area contributed by atoms with Crippen LogP contribution in [0.5, 0.6) is 0 Å². The number of carbonyl (C=O) groups is 1. The number of amides is 1. The summed E-state index contributed by atoms with van der Waals surface area (Å²) in [4.78, 5) is 24.4. The zero-order valence-electron chi connectivity index (χ0n) is 20.0. The van der Waals surface area contributed by atoms with Crippen molar-refractivity contribution in [3.63, 3.8) is 0 Å². The zero-order chi connectivity index (χ0) is 24.5. The van der Waals surface area contributed by atoms with Crippen molar-refractivity contribution in [3.05, 3.63) is 48.4 Å². The Morgan fingerprint density at radius 3 is 2.58 bits per heavy atom. The molecule has 1 aromatic carbocycles. The van der Waals surface area contributed by atoms with E-state index in [1.54, 1.807) is 12.1 Å². The Bertz CT molecular complexity index is 1400. The molecule has 184 valence electrons. The van der Waals surface area contributed by atoms with E-state index < -0.39 is 0 Å². The Morgan fingerprint density at radius 1 is 1.03 bits per heavy atom. The number of nitriles is 1. The van der Waals surface area contributed by atoms with Crippen molar-refractivity contribution in [2.24, 2.45) is 5.92 Å². The summed E-state index contributed by atoms with van der Waals surface area (Å²) < 4.78 is 13.5. The van der Waals surface area contributed by atoms with Gasteiger partial charge in [0.15, 0.2) is 5.76 Å². The Labute approximate surface area is 208 Å². The highest BCUT2D eigenvalue weighted by Gasteiger charge is 2.31. The summed E-state index contributed by atoms with van der Waals surface area (Å²) in [5.74, 6) is 1.71. The second-order valence-electron chi connectivity index (χ2n) is 9.60. The van der Waals surface area contributed by atoms with Gasteiger partial charge in [0, 0.05) is 25.0 Å². The highest BCUT2D eigenvalue weighted by atomic mass is 16.4. The molecule has 4 heterocycles. The molecule has 0 spiro atoms. The number of nitrogens with one attached hydrogen (secondary N) is 1. The van der Waals surface area contributed by atoms with Gasteiger partial charge >= 0.3 is 0 Å². The molecule has 36 heavy (non-hydrogen) atoms. The van der Waals surface area contributed by atoms with Crippen molar-refractivity contribution in [2.45, 2.75) is 51.0 Å². The predicted octanol–water partition coefficient (Wildman–Crippen LogP) is 5.52. The monoisotopic (exact) mass is 484 g/mol. The van der Waals surface area contributed by atoms with Crippen LogP contribution in [0.15, 0.2) is 51.5 Å². The quantitative estimate of drug-likeness (QED) is 0.397. The van der Waals surface area contributed by atoms with Crippen molar-refractivity contribution in [1.29, 1.82) is 5.26 Å². The number of aromatic nitrogens is 3. The van der Waals surface area contributed by atoms with Gasteiger partial charge in [0.1, 0.15) is 6.07 Å². The maximum absolute atomic E-state index is 13.3. The minimum atomic E-state index is -0.140. The number of oxazole rings is 1. The standard InChI is InChI=1S/C27H28N6O3/c28-17-21-26(36-25(29-21)23-11-6-16-35-23)32-14-12-18(13-15-32)24(34)31-27-30-20-9-4-5-10-22(20)33(27)19-7-2-1-3-8-19/h4-6,9-11,16,18-19H,1-3,7-8,12-15H2,(H,30,31,34). The van der Waals surface area contributed by atoms with Crippen molar-refractivity contribution in [1.82, 2.24) is 14.5 Å². The van der Waals surface area contributed by atoms with Crippen molar-refractivity contribution < 1.29 is 13.6 Å². The fourth-order valence-corrected chi connectivity index (χ4v) is 5.50. The lowest BCUT2D eigenvalue weighted by Gasteiger charge is -2.31. The normalized spacial score (nSPS) is 17.4. The molecule has 0 bridgehead atoms. The number of furan rings is 1. The SMILES string of the molecule is N#Cc1nc(-c2ccco2)oc1N1CCC(C(=O)Nc2nc3ccccc3n2C2CCCCC2)CC1. The Morgan fingerprint density at radius 2 is 1.83 bits per heavy atom. The predicted molar refractivity (Wildman–Crippen MR) is 134 cm³/mol. The van der Waals surface area contributed by atoms with Crippen LogP contribution in [0.1, 0.15) is 56.7 Å². The van der Waals surface area contributed by atoms with Crippen molar-refractivity contribution in [3.8, 4) is 17.7 Å². The van der Waals surface area contributed by atoms with Crippen LogP contribution in [0.25, 0.3) is 22.7 Å². The average Bonchev–Trinajstić information content (AvgIpc) is 3.67. The topological polar surface area (TPSA) is 113 Å². The lowest BCUT2D eigenvalue weighted by Crippen LogP contribution is -2.38. The van der Waals surface area contributed by atoms with Gasteiger partial charge in [-0.1, -0.05) is 31.4 Å². The van der Waals surface area contributed by atoms with Crippen LogP contribution in [0, 0.1) is 17.2 Å². The number of carbonyl (C=O) groups excluding carboxylic acids is 1. The maximum Gasteiger partial charge on any atom is 0.266 e. The van der Waals surface area contributed by atoms with Gasteiger partial charge < -0.3 is 18.3 Å². The van der Waals surface area contributed by atoms with Crippen molar-refractivity contribution in [2.75, 3.05) is 23.3 Å². The molecule has 0 unspecified atom stereocenters. The number of anilines is 2. The highest BCUT2D eigenvalue weighted by Crippen LogP contribution is 2.35. The third kappa shape index (κ3) is 4.13. The smallest absolute Gasteiger partial charge is 0.266 e. The highest BCUT2D eigenvalue weighted by molar-refractivity contribution is 5.93. The van der Waals surface area contributed by atoms with Crippen LogP contribution in [0.2, 0.25) is 0 Å². The van der Waals surface area contributed by atoms with Crippen LogP contribution in [-0.2, 0) is 4.79 Å². The van der Waals surface area contributed by atoms with E-state index in [9.17, 15) is 10.1 Å². The third-order valence-corrected chi connectivity index (χ3v) is 7.37. The Balaban J connectivity index is 1.16. The van der Waals surface area contributed by atoms with E-state index >= 15 is 0 Å². The fraction of sp³-hybridized carbons (Fsp3) is 0.407. The minimum absolute atomic E-state index is 0.00336. The molecule has 2 aliphatic rings. The number of nitrogens with zero attached hydrogens (tertiary/aromatic N) is 5. The minimum Gasteiger partial charge on any atom is -0.459 e. The van der Waals surface area contributed by atoms with E-state index in [-0.39, 0.29) is 23.4 Å². The molecule has 1 saturated heterocycles. The van der Waals surface area contributed by atoms with Crippen molar-refractivity contribution >= 4 is 28.8 Å². The van der Waals surface area contributed by atoms with E-state index in [1.807, 2.05) is 23.1 Å². The van der Waals surface area contributed by atoms with E-state index in [4.69, 9.17) is 13.8 Å². The molecule has 4 aromatic rings. The number of fused-ring (bicyclic) bond motifs is 1. The molecule has 2 fully saturated rings. The summed E-state index contributed by atoms with van der Waals surface area (Å²) in [6.07, 6.45) is 8.74. The van der Waals surface area contributed by atoms with Gasteiger partial charge in [-0.3, -0.25) is 10.1 Å². The molecule has 1 aliphatic heterocycles. The van der Waals surface area contributed by atoms with E-state index in [2.05, 4.69) is 27.0 Å². The van der Waals surface area contributed by atoms with Gasteiger partial charge in [0.2, 0.25) is 23.4 Å². The van der Waals surface area contributed by atoms with Gasteiger partial charge in [0.05, 0.1) is 17.3 Å². The van der Waals surface area contributed by atoms with E-state index in [0.29, 0.717) is 49.6 Å². The summed E-state index contributed by atoms with van der Waals surface area (Å²) >= 11 is 0. The van der Waals surface area contributed by atoms with Gasteiger partial charge in [-0.25, -0.2) is 4.98 Å². The average molecular weight is 485 g/mol. The fourth-order valence-electron chi connectivity index (χ4n) is 5.50. The van der Waals surface area contributed by atoms with Gasteiger partial charge in [0.25, 0.3) is 5.89 Å². The summed E-state index contributed by atoms with van der Waals surface area (Å²) in [7, 11) is 0. The molecule has 3 aromatic heterocycles. The van der Waals surface area contributed by atoms with Crippen LogP contribution >= 0.6 is 0 Å². The first-order valence-corrected chi connectivity index (χ1v) is 12.7. The first kappa shape index (κ1) is 22.4. The second-order valence-corrected chi connectivity index (χ2v) is 9.60. The van der Waals surface area contributed by atoms with Crippen LogP contribution < -0.4 is 10.2 Å². The summed E-state index contributed by atoms with van der Waals surface area (Å²) in [5.41, 5.74) is 2.22. The number of rotatable bonds is 5. The molecule has 1 saturated carbocycles. The van der Waals surface area contributed by atoms with Gasteiger partial charge in [-0.15, -0.1) is 0 Å². The largest absolute Gasteiger partial charge is 0.459 e. The molecular formula is C27H28N6O3. The number of hydrogen-bond acceptors (Lipinski definition) is 7. The number of para-hydroxylation sites is 2. The number of benzene rings is 1. The molecule has 9 nitrogen and oxygen atoms in total. The Hall–Kier alpha value is -4.06. The number of hydrogen-bond donors (Lipinski definition) is 1. The van der Waals surface area contributed by atoms with Crippen LogP contribution in [0.3, 0.4) is 0 Å². The number of piperidine rings is 1. The summed E-state index contributed by atoms with van der Waals surface area (Å²) in [5, 5.41) is 12.7. The molecule has 1 N–H and O–H groups in total. The third-order valence-electron chi connectivity index (χ3n) is 7.37. The number of imidazole rings is 1. The lowest BCUT2D eigenvalue weighted by atomic mass is 9.95. The lowest BCUT2D eigenvalue weighted by molar-refractivity contribution is -0.120. The van der Waals surface area contributed by atoms with Gasteiger partial charge in [-0.2, -0.15) is 10.2 Å². The molecule has 9 heteroatoms. The molecule has 1 amide bonds. The van der Waals surface area contributed by atoms with Gasteiger partial charge in [-0.05, 0) is 49.9 Å². The molecule has 6 rings (SSSR count). The maximum atomic E-state index is 13.3. The molecular weight excluding hydrogens is 456 g/mol. The zero-order valence-corrected chi connectivity index (χ0v) is 20.0. The molecule has 1 aliphatic carbocycles. The first-order valence-electron chi connectivity index (χ1n) is 12.7. The summed E-state index contributed by atoms with van der Waals surface area (Å²) in [6.45, 7) is 1.19. The van der Waals surface area contributed by atoms with E-state index in [0.717, 1.165) is 23.9 Å². The second kappa shape index (κ2) is 9.53. The van der Waals surface area contributed by atoms with Crippen LogP contribution in [0.4, 0.5) is 11.8 Å². The van der Waals surface area contributed by atoms with E-state index in [1.165, 1.54) is 25.5 Å². The van der Waals surface area contributed by atoms with Crippen LogP contribution in [-0.4, -0.2) is 33.5 Å². The summed E-state index contributed by atoms with van der Waals surface area (Å²) in [6, 6.07) is 14.1. The Kier molecular flexibility index (Phi) is 5.93. The molecule has 0 radical (unpaired) electrons. The first-order chi connectivity index (χ1) is 17.7.